The Morgan fingerprint density at radius 2 is 2.10 bits per heavy atom. The Balaban J connectivity index is 2.11. The lowest BCUT2D eigenvalue weighted by atomic mass is 9.82. The monoisotopic (exact) mass is 284 g/mol. The zero-order valence-corrected chi connectivity index (χ0v) is 11.0. The first-order chi connectivity index (χ1) is 9.40. The first kappa shape index (κ1) is 13.4. The lowest BCUT2D eigenvalue weighted by Crippen LogP contribution is -2.42. The smallest absolute Gasteiger partial charge is 0.316 e. The van der Waals surface area contributed by atoms with Gasteiger partial charge in [-0.05, 0) is 31.5 Å². The fraction of sp³-hybridized carbons (Fsp3) is 0.538. The van der Waals surface area contributed by atoms with Crippen molar-refractivity contribution in [3.05, 3.63) is 29.7 Å². The molecule has 0 saturated carbocycles. The van der Waals surface area contributed by atoms with Gasteiger partial charge >= 0.3 is 6.18 Å². The number of hydrogen-bond donors (Lipinski definition) is 1. The quantitative estimate of drug-likeness (QED) is 0.874. The molecular weight excluding hydrogens is 269 g/mol. The first-order valence-corrected chi connectivity index (χ1v) is 6.53. The van der Waals surface area contributed by atoms with E-state index in [4.69, 9.17) is 0 Å². The molecule has 1 atom stereocenters. The van der Waals surface area contributed by atoms with Gasteiger partial charge in [0.2, 0.25) is 0 Å². The molecule has 1 unspecified atom stereocenters. The van der Waals surface area contributed by atoms with Crippen molar-refractivity contribution < 1.29 is 13.2 Å². The molecule has 3 rings (SSSR count). The van der Waals surface area contributed by atoms with Crippen LogP contribution in [0.2, 0.25) is 0 Å². The number of alkyl halides is 3. The Labute approximate surface area is 114 Å². The molecule has 1 saturated heterocycles. The van der Waals surface area contributed by atoms with Crippen molar-refractivity contribution in [2.45, 2.75) is 31.4 Å². The summed E-state index contributed by atoms with van der Waals surface area (Å²) in [5, 5.41) is 11.4. The third-order valence-electron chi connectivity index (χ3n) is 3.87. The molecule has 1 N–H and O–H groups in total. The molecular formula is C13H15F3N4. The third kappa shape index (κ3) is 2.15. The summed E-state index contributed by atoms with van der Waals surface area (Å²) in [6.45, 7) is 3.64. The van der Waals surface area contributed by atoms with Crippen LogP contribution in [-0.2, 0) is 11.6 Å². The maximum Gasteiger partial charge on any atom is 0.417 e. The summed E-state index contributed by atoms with van der Waals surface area (Å²) >= 11 is 0. The van der Waals surface area contributed by atoms with E-state index in [2.05, 4.69) is 15.5 Å². The van der Waals surface area contributed by atoms with Crippen LogP contribution in [0.3, 0.4) is 0 Å². The topological polar surface area (TPSA) is 42.2 Å². The van der Waals surface area contributed by atoms with Gasteiger partial charge in [-0.3, -0.25) is 4.40 Å². The highest BCUT2D eigenvalue weighted by atomic mass is 19.4. The summed E-state index contributed by atoms with van der Waals surface area (Å²) in [6, 6.07) is 2.40. The Bertz CT molecular complexity index is 626. The lowest BCUT2D eigenvalue weighted by molar-refractivity contribution is -0.137. The molecule has 3 heterocycles. The summed E-state index contributed by atoms with van der Waals surface area (Å²) < 4.78 is 39.9. The zero-order chi connectivity index (χ0) is 14.4. The predicted octanol–water partition coefficient (Wildman–Crippen LogP) is 2.39. The van der Waals surface area contributed by atoms with Crippen molar-refractivity contribution >= 4 is 5.65 Å². The van der Waals surface area contributed by atoms with Crippen molar-refractivity contribution in [3.8, 4) is 0 Å². The molecule has 0 aromatic carbocycles. The molecule has 0 radical (unpaired) electrons. The molecule has 1 aliphatic heterocycles. The van der Waals surface area contributed by atoms with Crippen LogP contribution in [0, 0.1) is 0 Å². The number of aromatic nitrogens is 3. The third-order valence-corrected chi connectivity index (χ3v) is 3.87. The van der Waals surface area contributed by atoms with E-state index in [1.807, 2.05) is 6.92 Å². The first-order valence-electron chi connectivity index (χ1n) is 6.53. The summed E-state index contributed by atoms with van der Waals surface area (Å²) in [4.78, 5) is 0. The molecule has 0 spiro atoms. The fourth-order valence-electron chi connectivity index (χ4n) is 2.72. The summed E-state index contributed by atoms with van der Waals surface area (Å²) in [6.07, 6.45) is -1.41. The Hall–Kier alpha value is -1.63. The molecule has 20 heavy (non-hydrogen) atoms. The van der Waals surface area contributed by atoms with Crippen molar-refractivity contribution in [2.75, 3.05) is 13.1 Å². The van der Waals surface area contributed by atoms with Crippen molar-refractivity contribution in [2.24, 2.45) is 0 Å². The number of fused-ring (bicyclic) bond motifs is 1. The average molecular weight is 284 g/mol. The molecule has 0 bridgehead atoms. The standard InChI is InChI=1S/C13H15F3N4/c1-12(5-2-6-17-8-12)11-19-18-10-4-3-9(7-20(10)11)13(14,15)16/h3-4,7,17H,2,5-6,8H2,1H3. The molecule has 1 fully saturated rings. The largest absolute Gasteiger partial charge is 0.417 e. The lowest BCUT2D eigenvalue weighted by Gasteiger charge is -2.32. The fourth-order valence-corrected chi connectivity index (χ4v) is 2.72. The van der Waals surface area contributed by atoms with E-state index in [0.29, 0.717) is 18.0 Å². The van der Waals surface area contributed by atoms with Gasteiger partial charge in [0.25, 0.3) is 0 Å². The molecule has 108 valence electrons. The van der Waals surface area contributed by atoms with E-state index < -0.39 is 11.7 Å². The molecule has 2 aromatic rings. The maximum atomic E-state index is 12.8. The Morgan fingerprint density at radius 1 is 1.30 bits per heavy atom. The van der Waals surface area contributed by atoms with Gasteiger partial charge in [0.05, 0.1) is 5.56 Å². The number of piperidine rings is 1. The highest BCUT2D eigenvalue weighted by molar-refractivity contribution is 5.41. The Kier molecular flexibility index (Phi) is 2.97. The van der Waals surface area contributed by atoms with Crippen LogP contribution in [0.1, 0.15) is 31.2 Å². The Morgan fingerprint density at radius 3 is 2.75 bits per heavy atom. The van der Waals surface area contributed by atoms with Gasteiger partial charge in [-0.2, -0.15) is 13.2 Å². The van der Waals surface area contributed by atoms with E-state index in [-0.39, 0.29) is 5.41 Å². The van der Waals surface area contributed by atoms with E-state index in [9.17, 15) is 13.2 Å². The number of rotatable bonds is 1. The van der Waals surface area contributed by atoms with Crippen LogP contribution in [0.25, 0.3) is 5.65 Å². The van der Waals surface area contributed by atoms with Crippen LogP contribution in [0.4, 0.5) is 13.2 Å². The maximum absolute atomic E-state index is 12.8. The molecule has 4 nitrogen and oxygen atoms in total. The average Bonchev–Trinajstić information content (AvgIpc) is 2.82. The predicted molar refractivity (Wildman–Crippen MR) is 67.4 cm³/mol. The molecule has 7 heteroatoms. The van der Waals surface area contributed by atoms with Crippen LogP contribution in [0.5, 0.6) is 0 Å². The second-order valence-electron chi connectivity index (χ2n) is 5.51. The van der Waals surface area contributed by atoms with Crippen LogP contribution < -0.4 is 5.32 Å². The van der Waals surface area contributed by atoms with Crippen molar-refractivity contribution in [3.63, 3.8) is 0 Å². The van der Waals surface area contributed by atoms with Gasteiger partial charge in [0.1, 0.15) is 5.82 Å². The van der Waals surface area contributed by atoms with Crippen molar-refractivity contribution in [1.82, 2.24) is 19.9 Å². The van der Waals surface area contributed by atoms with Gasteiger partial charge < -0.3 is 5.32 Å². The van der Waals surface area contributed by atoms with Gasteiger partial charge in [-0.15, -0.1) is 10.2 Å². The van der Waals surface area contributed by atoms with Gasteiger partial charge in [0.15, 0.2) is 5.65 Å². The summed E-state index contributed by atoms with van der Waals surface area (Å²) in [5.41, 5.74) is -0.528. The molecule has 0 amide bonds. The second kappa shape index (κ2) is 4.44. The minimum atomic E-state index is -4.36. The molecule has 2 aromatic heterocycles. The minimum absolute atomic E-state index is 0.290. The van der Waals surface area contributed by atoms with E-state index in [1.54, 1.807) is 0 Å². The van der Waals surface area contributed by atoms with E-state index >= 15 is 0 Å². The number of nitrogens with one attached hydrogen (secondary N) is 1. The van der Waals surface area contributed by atoms with E-state index in [1.165, 1.54) is 10.5 Å². The minimum Gasteiger partial charge on any atom is -0.316 e. The zero-order valence-electron chi connectivity index (χ0n) is 11.0. The summed E-state index contributed by atoms with van der Waals surface area (Å²) in [5.74, 6) is 0.589. The van der Waals surface area contributed by atoms with Crippen LogP contribution in [-0.4, -0.2) is 27.7 Å². The second-order valence-corrected chi connectivity index (χ2v) is 5.51. The highest BCUT2D eigenvalue weighted by Crippen LogP contribution is 2.32. The van der Waals surface area contributed by atoms with Crippen LogP contribution >= 0.6 is 0 Å². The normalized spacial score (nSPS) is 24.2. The molecule has 1 aliphatic rings. The van der Waals surface area contributed by atoms with Gasteiger partial charge in [-0.1, -0.05) is 6.92 Å². The van der Waals surface area contributed by atoms with E-state index in [0.717, 1.165) is 31.6 Å². The molecule has 0 aliphatic carbocycles. The SMILES string of the molecule is CC1(c2nnc3ccc(C(F)(F)F)cn23)CCCNC1. The number of halogens is 3. The van der Waals surface area contributed by atoms with Gasteiger partial charge in [0, 0.05) is 18.2 Å². The summed E-state index contributed by atoms with van der Waals surface area (Å²) in [7, 11) is 0. The highest BCUT2D eigenvalue weighted by Gasteiger charge is 2.35. The number of pyridine rings is 1. The van der Waals surface area contributed by atoms with Gasteiger partial charge in [-0.25, -0.2) is 0 Å². The van der Waals surface area contributed by atoms with Crippen LogP contribution in [0.15, 0.2) is 18.3 Å². The number of nitrogens with zero attached hydrogens (tertiary/aromatic N) is 3. The number of hydrogen-bond acceptors (Lipinski definition) is 3. The van der Waals surface area contributed by atoms with Crippen molar-refractivity contribution in [1.29, 1.82) is 0 Å².